The number of pyridine rings is 1. The molecule has 0 aliphatic heterocycles. The summed E-state index contributed by atoms with van der Waals surface area (Å²) in [6.07, 6.45) is -3.57. The third-order valence-electron chi connectivity index (χ3n) is 2.71. The normalized spacial score (nSPS) is 11.2. The van der Waals surface area contributed by atoms with Crippen molar-refractivity contribution >= 4 is 0 Å². The van der Waals surface area contributed by atoms with Crippen molar-refractivity contribution in [2.45, 2.75) is 12.6 Å². The zero-order valence-electron chi connectivity index (χ0n) is 10.1. The van der Waals surface area contributed by atoms with E-state index in [0.29, 0.717) is 11.3 Å². The van der Waals surface area contributed by atoms with E-state index in [1.807, 2.05) is 6.07 Å². The van der Waals surface area contributed by atoms with Gasteiger partial charge >= 0.3 is 6.18 Å². The maximum Gasteiger partial charge on any atom is 0.416 e. The molecule has 102 valence electrons. The van der Waals surface area contributed by atoms with Crippen LogP contribution in [0.3, 0.4) is 0 Å². The fourth-order valence-corrected chi connectivity index (χ4v) is 1.69. The maximum absolute atomic E-state index is 13.3. The molecule has 6 heteroatoms. The van der Waals surface area contributed by atoms with Crippen molar-refractivity contribution < 1.29 is 17.6 Å². The highest BCUT2D eigenvalue weighted by molar-refractivity contribution is 5.60. The number of benzene rings is 1. The van der Waals surface area contributed by atoms with Crippen LogP contribution >= 0.6 is 0 Å². The minimum absolute atomic E-state index is 0.123. The largest absolute Gasteiger partial charge is 0.416 e. The van der Waals surface area contributed by atoms with Crippen LogP contribution in [0.4, 0.5) is 17.6 Å². The summed E-state index contributed by atoms with van der Waals surface area (Å²) in [5.74, 6) is -0.609. The second-order valence-corrected chi connectivity index (χ2v) is 4.07. The number of halogens is 4. The Morgan fingerprint density at radius 2 is 1.80 bits per heavy atom. The summed E-state index contributed by atoms with van der Waals surface area (Å²) in [6, 6.07) is 7.57. The Kier molecular flexibility index (Phi) is 3.70. The fourth-order valence-electron chi connectivity index (χ4n) is 1.69. The van der Waals surface area contributed by atoms with Gasteiger partial charge in [0.2, 0.25) is 0 Å². The Morgan fingerprint density at radius 3 is 2.35 bits per heavy atom. The van der Waals surface area contributed by atoms with Crippen LogP contribution in [-0.2, 0) is 12.6 Å². The Labute approximate surface area is 112 Å². The van der Waals surface area contributed by atoms with Crippen LogP contribution in [0.5, 0.6) is 0 Å². The number of alkyl halides is 3. The third-order valence-corrected chi connectivity index (χ3v) is 2.71. The van der Waals surface area contributed by atoms with E-state index in [2.05, 4.69) is 4.98 Å². The molecule has 0 fully saturated rings. The van der Waals surface area contributed by atoms with E-state index in [9.17, 15) is 17.6 Å². The first-order chi connectivity index (χ1) is 9.41. The lowest BCUT2D eigenvalue weighted by Gasteiger charge is -2.08. The van der Waals surface area contributed by atoms with Crippen LogP contribution in [0.15, 0.2) is 36.5 Å². The van der Waals surface area contributed by atoms with Gasteiger partial charge in [-0.15, -0.1) is 0 Å². The van der Waals surface area contributed by atoms with Gasteiger partial charge in [0, 0.05) is 11.1 Å². The van der Waals surface area contributed by atoms with Gasteiger partial charge in [0.25, 0.3) is 0 Å². The van der Waals surface area contributed by atoms with E-state index >= 15 is 0 Å². The Balaban J connectivity index is 2.37. The summed E-state index contributed by atoms with van der Waals surface area (Å²) in [7, 11) is 0. The minimum atomic E-state index is -4.40. The quantitative estimate of drug-likeness (QED) is 0.780. The van der Waals surface area contributed by atoms with Crippen LogP contribution in [0, 0.1) is 17.1 Å². The molecule has 0 unspecified atom stereocenters. The number of hydrogen-bond acceptors (Lipinski definition) is 2. The SMILES string of the molecule is N#CCc1cc(-c2ccc(C(F)(F)F)cc2)ncc1F. The summed E-state index contributed by atoms with van der Waals surface area (Å²) >= 11 is 0. The second kappa shape index (κ2) is 5.29. The van der Waals surface area contributed by atoms with E-state index in [4.69, 9.17) is 5.26 Å². The molecule has 20 heavy (non-hydrogen) atoms. The third kappa shape index (κ3) is 2.94. The first kappa shape index (κ1) is 14.0. The molecule has 2 nitrogen and oxygen atoms in total. The summed E-state index contributed by atoms with van der Waals surface area (Å²) in [4.78, 5) is 3.82. The van der Waals surface area contributed by atoms with Crippen LogP contribution < -0.4 is 0 Å². The van der Waals surface area contributed by atoms with Gasteiger partial charge in [-0.1, -0.05) is 12.1 Å². The van der Waals surface area contributed by atoms with Crippen molar-refractivity contribution in [1.82, 2.24) is 4.98 Å². The van der Waals surface area contributed by atoms with Gasteiger partial charge in [-0.3, -0.25) is 4.98 Å². The monoisotopic (exact) mass is 280 g/mol. The molecule has 0 amide bonds. The summed E-state index contributed by atoms with van der Waals surface area (Å²) in [5, 5.41) is 8.57. The van der Waals surface area contributed by atoms with Crippen LogP contribution in [0.25, 0.3) is 11.3 Å². The Bertz CT molecular complexity index is 654. The van der Waals surface area contributed by atoms with Gasteiger partial charge in [-0.25, -0.2) is 4.39 Å². The Hall–Kier alpha value is -2.42. The molecule has 2 rings (SSSR count). The molecular formula is C14H8F4N2. The molecule has 0 spiro atoms. The number of nitrogens with zero attached hydrogens (tertiary/aromatic N) is 2. The number of nitriles is 1. The first-order valence-corrected chi connectivity index (χ1v) is 5.61. The van der Waals surface area contributed by atoms with Gasteiger partial charge in [-0.05, 0) is 18.2 Å². The molecule has 2 aromatic rings. The molecule has 0 atom stereocenters. The number of rotatable bonds is 2. The van der Waals surface area contributed by atoms with Crippen molar-refractivity contribution in [1.29, 1.82) is 5.26 Å². The second-order valence-electron chi connectivity index (χ2n) is 4.07. The number of aromatic nitrogens is 1. The van der Waals surface area contributed by atoms with Crippen molar-refractivity contribution in [3.8, 4) is 17.3 Å². The molecule has 1 aromatic heterocycles. The average Bonchev–Trinajstić information content (AvgIpc) is 2.41. The van der Waals surface area contributed by atoms with Crippen molar-refractivity contribution in [3.05, 3.63) is 53.5 Å². The highest BCUT2D eigenvalue weighted by Crippen LogP contribution is 2.30. The molecule has 0 aliphatic carbocycles. The van der Waals surface area contributed by atoms with Gasteiger partial charge < -0.3 is 0 Å². The molecule has 0 radical (unpaired) electrons. The van der Waals surface area contributed by atoms with Crippen molar-refractivity contribution in [2.75, 3.05) is 0 Å². The molecular weight excluding hydrogens is 272 g/mol. The highest BCUT2D eigenvalue weighted by atomic mass is 19.4. The van der Waals surface area contributed by atoms with Crippen molar-refractivity contribution in [3.63, 3.8) is 0 Å². The molecule has 0 N–H and O–H groups in total. The van der Waals surface area contributed by atoms with E-state index in [1.54, 1.807) is 0 Å². The van der Waals surface area contributed by atoms with Crippen molar-refractivity contribution in [2.24, 2.45) is 0 Å². The highest BCUT2D eigenvalue weighted by Gasteiger charge is 2.30. The lowest BCUT2D eigenvalue weighted by molar-refractivity contribution is -0.137. The number of hydrogen-bond donors (Lipinski definition) is 0. The smallest absolute Gasteiger partial charge is 0.253 e. The van der Waals surface area contributed by atoms with Gasteiger partial charge in [0.05, 0.1) is 29.9 Å². The molecule has 0 saturated carbocycles. The van der Waals surface area contributed by atoms with Gasteiger partial charge in [0.1, 0.15) is 5.82 Å². The summed E-state index contributed by atoms with van der Waals surface area (Å²) < 4.78 is 50.6. The lowest BCUT2D eigenvalue weighted by atomic mass is 10.1. The van der Waals surface area contributed by atoms with Crippen LogP contribution in [0.1, 0.15) is 11.1 Å². The Morgan fingerprint density at radius 1 is 1.15 bits per heavy atom. The van der Waals surface area contributed by atoms with E-state index < -0.39 is 17.6 Å². The van der Waals surface area contributed by atoms with E-state index in [0.717, 1.165) is 18.3 Å². The predicted molar refractivity (Wildman–Crippen MR) is 64.0 cm³/mol. The predicted octanol–water partition coefficient (Wildman–Crippen LogP) is 3.97. The zero-order valence-corrected chi connectivity index (χ0v) is 10.1. The lowest BCUT2D eigenvalue weighted by Crippen LogP contribution is -2.04. The van der Waals surface area contributed by atoms with E-state index in [-0.39, 0.29) is 12.0 Å². The van der Waals surface area contributed by atoms with Gasteiger partial charge in [0.15, 0.2) is 0 Å². The first-order valence-electron chi connectivity index (χ1n) is 5.61. The zero-order chi connectivity index (χ0) is 14.8. The van der Waals surface area contributed by atoms with Gasteiger partial charge in [-0.2, -0.15) is 18.4 Å². The molecule has 0 aliphatic rings. The minimum Gasteiger partial charge on any atom is -0.253 e. The molecule has 0 bridgehead atoms. The standard InChI is InChI=1S/C14H8F4N2/c15-12-8-20-13(7-10(12)5-6-19)9-1-3-11(4-2-9)14(16,17)18/h1-4,7-8H,5H2. The van der Waals surface area contributed by atoms with Crippen LogP contribution in [0.2, 0.25) is 0 Å². The van der Waals surface area contributed by atoms with Crippen LogP contribution in [-0.4, -0.2) is 4.98 Å². The summed E-state index contributed by atoms with van der Waals surface area (Å²) in [6.45, 7) is 0. The topological polar surface area (TPSA) is 36.7 Å². The summed E-state index contributed by atoms with van der Waals surface area (Å²) in [5.41, 5.74) is 0.153. The van der Waals surface area contributed by atoms with E-state index in [1.165, 1.54) is 18.2 Å². The molecule has 1 aromatic carbocycles. The maximum atomic E-state index is 13.3. The molecule has 0 saturated heterocycles. The average molecular weight is 280 g/mol. The fraction of sp³-hybridized carbons (Fsp3) is 0.143. The molecule has 1 heterocycles.